The molecule has 0 radical (unpaired) electrons. The number of ether oxygens (including phenoxy) is 2. The molecule has 27 heavy (non-hydrogen) atoms. The summed E-state index contributed by atoms with van der Waals surface area (Å²) in [6, 6.07) is 16.0. The van der Waals surface area contributed by atoms with Crippen molar-refractivity contribution in [3.05, 3.63) is 65.2 Å². The van der Waals surface area contributed by atoms with Crippen LogP contribution in [0.2, 0.25) is 0 Å². The number of benzene rings is 2. The highest BCUT2D eigenvalue weighted by molar-refractivity contribution is 5.80. The lowest BCUT2D eigenvalue weighted by Crippen LogP contribution is -2.45. The number of nitrogens with two attached hydrogens (primary N) is 1. The van der Waals surface area contributed by atoms with Gasteiger partial charge in [0.1, 0.15) is 5.75 Å². The van der Waals surface area contributed by atoms with Crippen molar-refractivity contribution in [1.29, 1.82) is 0 Å². The SMILES string of the molecule is CCOC(=O)C(C)(Cc1ccc(CCN)cc1)Oc1ccc(C(C)C)cc1. The average Bonchev–Trinajstić information content (AvgIpc) is 2.64. The van der Waals surface area contributed by atoms with Gasteiger partial charge in [0.2, 0.25) is 5.60 Å². The standard InChI is InChI=1S/C23H31NO3/c1-5-26-22(25)23(4,16-19-8-6-18(7-9-19)14-15-24)27-21-12-10-20(11-13-21)17(2)3/h6-13,17H,5,14-16,24H2,1-4H3. The van der Waals surface area contributed by atoms with Gasteiger partial charge in [-0.1, -0.05) is 50.2 Å². The fourth-order valence-electron chi connectivity index (χ4n) is 2.99. The summed E-state index contributed by atoms with van der Waals surface area (Å²) in [5.41, 5.74) is 7.95. The Labute approximate surface area is 162 Å². The molecule has 0 aliphatic rings. The highest BCUT2D eigenvalue weighted by Crippen LogP contribution is 2.26. The first-order chi connectivity index (χ1) is 12.9. The van der Waals surface area contributed by atoms with Crippen LogP contribution in [0.1, 0.15) is 50.3 Å². The second-order valence-corrected chi connectivity index (χ2v) is 7.31. The summed E-state index contributed by atoms with van der Waals surface area (Å²) in [6.07, 6.45) is 1.27. The number of esters is 1. The van der Waals surface area contributed by atoms with E-state index in [4.69, 9.17) is 15.2 Å². The zero-order valence-corrected chi connectivity index (χ0v) is 16.8. The molecule has 0 bridgehead atoms. The lowest BCUT2D eigenvalue weighted by Gasteiger charge is -2.29. The summed E-state index contributed by atoms with van der Waals surface area (Å²) in [7, 11) is 0. The summed E-state index contributed by atoms with van der Waals surface area (Å²) < 4.78 is 11.4. The Kier molecular flexibility index (Phi) is 7.43. The van der Waals surface area contributed by atoms with Crippen molar-refractivity contribution in [3.8, 4) is 5.75 Å². The highest BCUT2D eigenvalue weighted by atomic mass is 16.6. The molecule has 1 atom stereocenters. The maximum Gasteiger partial charge on any atom is 0.350 e. The number of rotatable bonds is 9. The average molecular weight is 370 g/mol. The largest absolute Gasteiger partial charge is 0.476 e. The van der Waals surface area contributed by atoms with Crippen LogP contribution in [0, 0.1) is 0 Å². The molecule has 0 aliphatic carbocycles. The monoisotopic (exact) mass is 369 g/mol. The van der Waals surface area contributed by atoms with Crippen LogP contribution in [-0.2, 0) is 22.4 Å². The maximum atomic E-state index is 12.7. The first-order valence-corrected chi connectivity index (χ1v) is 9.62. The molecule has 2 aromatic rings. The molecule has 0 aromatic heterocycles. The minimum absolute atomic E-state index is 0.319. The third kappa shape index (κ3) is 5.83. The number of carbonyl (C=O) groups is 1. The van der Waals surface area contributed by atoms with Gasteiger partial charge in [-0.25, -0.2) is 4.79 Å². The van der Waals surface area contributed by atoms with Crippen molar-refractivity contribution in [1.82, 2.24) is 0 Å². The molecule has 2 aromatic carbocycles. The molecule has 1 unspecified atom stereocenters. The second kappa shape index (κ2) is 9.56. The topological polar surface area (TPSA) is 61.5 Å². The third-order valence-electron chi connectivity index (χ3n) is 4.59. The van der Waals surface area contributed by atoms with E-state index in [0.717, 1.165) is 12.0 Å². The zero-order chi connectivity index (χ0) is 19.9. The molecule has 146 valence electrons. The molecule has 4 heteroatoms. The van der Waals surface area contributed by atoms with Crippen LogP contribution in [-0.4, -0.2) is 24.7 Å². The Morgan fingerprint density at radius 3 is 2.15 bits per heavy atom. The number of carbonyl (C=O) groups excluding carboxylic acids is 1. The van der Waals surface area contributed by atoms with Gasteiger partial charge in [0, 0.05) is 6.42 Å². The van der Waals surface area contributed by atoms with E-state index in [9.17, 15) is 4.79 Å². The third-order valence-corrected chi connectivity index (χ3v) is 4.59. The molecule has 4 nitrogen and oxygen atoms in total. The Hall–Kier alpha value is -2.33. The first kappa shape index (κ1) is 21.0. The van der Waals surface area contributed by atoms with Gasteiger partial charge >= 0.3 is 5.97 Å². The summed E-state index contributed by atoms with van der Waals surface area (Å²) in [5, 5.41) is 0. The lowest BCUT2D eigenvalue weighted by molar-refractivity contribution is -0.160. The van der Waals surface area contributed by atoms with E-state index in [1.54, 1.807) is 13.8 Å². The van der Waals surface area contributed by atoms with Crippen molar-refractivity contribution < 1.29 is 14.3 Å². The van der Waals surface area contributed by atoms with Crippen LogP contribution in [0.3, 0.4) is 0 Å². The molecule has 0 fully saturated rings. The van der Waals surface area contributed by atoms with Crippen LogP contribution < -0.4 is 10.5 Å². The Balaban J connectivity index is 2.21. The number of hydrogen-bond donors (Lipinski definition) is 1. The zero-order valence-electron chi connectivity index (χ0n) is 16.8. The van der Waals surface area contributed by atoms with E-state index in [-0.39, 0.29) is 5.97 Å². The fourth-order valence-corrected chi connectivity index (χ4v) is 2.99. The molecule has 0 heterocycles. The van der Waals surface area contributed by atoms with Crippen molar-refractivity contribution in [2.75, 3.05) is 13.2 Å². The lowest BCUT2D eigenvalue weighted by atomic mass is 9.95. The molecular formula is C23H31NO3. The number of hydrogen-bond acceptors (Lipinski definition) is 4. The van der Waals surface area contributed by atoms with E-state index in [2.05, 4.69) is 13.8 Å². The van der Waals surface area contributed by atoms with E-state index in [0.29, 0.717) is 31.2 Å². The van der Waals surface area contributed by atoms with Gasteiger partial charge in [0.05, 0.1) is 6.61 Å². The van der Waals surface area contributed by atoms with Gasteiger partial charge < -0.3 is 15.2 Å². The predicted molar refractivity (Wildman–Crippen MR) is 109 cm³/mol. The molecule has 0 saturated heterocycles. The Morgan fingerprint density at radius 2 is 1.63 bits per heavy atom. The van der Waals surface area contributed by atoms with Gasteiger partial charge in [-0.05, 0) is 61.6 Å². The van der Waals surface area contributed by atoms with Crippen LogP contribution in [0.5, 0.6) is 5.75 Å². The van der Waals surface area contributed by atoms with E-state index < -0.39 is 5.60 Å². The van der Waals surface area contributed by atoms with Gasteiger partial charge in [-0.3, -0.25) is 0 Å². The molecular weight excluding hydrogens is 338 g/mol. The molecule has 0 aliphatic heterocycles. The quantitative estimate of drug-likeness (QED) is 0.671. The Bertz CT molecular complexity index is 722. The van der Waals surface area contributed by atoms with Crippen molar-refractivity contribution in [2.24, 2.45) is 5.73 Å². The molecule has 0 spiro atoms. The van der Waals surface area contributed by atoms with E-state index in [1.807, 2.05) is 48.5 Å². The normalized spacial score (nSPS) is 13.3. The predicted octanol–water partition coefficient (Wildman–Crippen LogP) is 4.25. The van der Waals surface area contributed by atoms with Crippen LogP contribution in [0.4, 0.5) is 0 Å². The van der Waals surface area contributed by atoms with Crippen molar-refractivity contribution >= 4 is 5.97 Å². The van der Waals surface area contributed by atoms with Crippen LogP contribution in [0.15, 0.2) is 48.5 Å². The van der Waals surface area contributed by atoms with E-state index >= 15 is 0 Å². The van der Waals surface area contributed by atoms with Crippen molar-refractivity contribution in [3.63, 3.8) is 0 Å². The second-order valence-electron chi connectivity index (χ2n) is 7.31. The summed E-state index contributed by atoms with van der Waals surface area (Å²) >= 11 is 0. The Morgan fingerprint density at radius 1 is 1.04 bits per heavy atom. The smallest absolute Gasteiger partial charge is 0.350 e. The van der Waals surface area contributed by atoms with Crippen LogP contribution >= 0.6 is 0 Å². The molecule has 2 N–H and O–H groups in total. The molecule has 2 rings (SSSR count). The van der Waals surface area contributed by atoms with Gasteiger partial charge in [-0.15, -0.1) is 0 Å². The molecule has 0 saturated carbocycles. The van der Waals surface area contributed by atoms with E-state index in [1.165, 1.54) is 11.1 Å². The summed E-state index contributed by atoms with van der Waals surface area (Å²) in [5.74, 6) is 0.751. The first-order valence-electron chi connectivity index (χ1n) is 9.62. The minimum atomic E-state index is -1.09. The summed E-state index contributed by atoms with van der Waals surface area (Å²) in [4.78, 5) is 12.7. The van der Waals surface area contributed by atoms with Gasteiger partial charge in [0.25, 0.3) is 0 Å². The maximum absolute atomic E-state index is 12.7. The molecule has 0 amide bonds. The minimum Gasteiger partial charge on any atom is -0.476 e. The highest BCUT2D eigenvalue weighted by Gasteiger charge is 2.37. The summed E-state index contributed by atoms with van der Waals surface area (Å²) in [6.45, 7) is 8.82. The van der Waals surface area contributed by atoms with Crippen LogP contribution in [0.25, 0.3) is 0 Å². The van der Waals surface area contributed by atoms with Gasteiger partial charge in [-0.2, -0.15) is 0 Å². The van der Waals surface area contributed by atoms with Crippen molar-refractivity contribution in [2.45, 2.75) is 52.1 Å². The van der Waals surface area contributed by atoms with Gasteiger partial charge in [0.15, 0.2) is 0 Å². The fraction of sp³-hybridized carbons (Fsp3) is 0.435.